The first-order chi connectivity index (χ1) is 15.2. The van der Waals surface area contributed by atoms with Crippen molar-refractivity contribution in [3.05, 3.63) is 60.4 Å². The van der Waals surface area contributed by atoms with Gasteiger partial charge in [-0.3, -0.25) is 9.48 Å². The number of anilines is 1. The average Bonchev–Trinajstić information content (AvgIpc) is 3.27. The molecule has 2 aromatic carbocycles. The monoisotopic (exact) mass is 434 g/mol. The van der Waals surface area contributed by atoms with Crippen molar-refractivity contribution < 1.29 is 14.3 Å². The standard InChI is InChI=1S/C25H30N4O3/c1-25(2,3)32-24(31)28-14-8-11-20(17-28)29-16-19(15-26-29)23(30)27(4)22-13-7-10-18-9-5-6-12-21(18)22/h5-7,9-10,12-13,15-16,20H,8,11,14,17H2,1-4H3. The zero-order chi connectivity index (χ0) is 22.9. The number of carbonyl (C=O) groups is 2. The van der Waals surface area contributed by atoms with E-state index >= 15 is 0 Å². The largest absolute Gasteiger partial charge is 0.444 e. The van der Waals surface area contributed by atoms with Gasteiger partial charge in [0.25, 0.3) is 5.91 Å². The second-order valence-electron chi connectivity index (χ2n) is 9.29. The molecule has 1 unspecified atom stereocenters. The molecule has 2 amide bonds. The van der Waals surface area contributed by atoms with E-state index in [0.717, 1.165) is 29.3 Å². The first-order valence-electron chi connectivity index (χ1n) is 11.0. The highest BCUT2D eigenvalue weighted by molar-refractivity contribution is 6.10. The molecule has 1 aliphatic rings. The number of ether oxygens (including phenoxy) is 1. The lowest BCUT2D eigenvalue weighted by Crippen LogP contribution is -2.43. The summed E-state index contributed by atoms with van der Waals surface area (Å²) in [7, 11) is 1.78. The zero-order valence-corrected chi connectivity index (χ0v) is 19.1. The summed E-state index contributed by atoms with van der Waals surface area (Å²) >= 11 is 0. The average molecular weight is 435 g/mol. The molecule has 168 valence electrons. The highest BCUT2D eigenvalue weighted by atomic mass is 16.6. The fraction of sp³-hybridized carbons (Fsp3) is 0.400. The molecule has 1 aromatic heterocycles. The summed E-state index contributed by atoms with van der Waals surface area (Å²) in [5.41, 5.74) is 0.853. The van der Waals surface area contributed by atoms with Gasteiger partial charge >= 0.3 is 6.09 Å². The van der Waals surface area contributed by atoms with Crippen molar-refractivity contribution in [3.63, 3.8) is 0 Å². The first-order valence-corrected chi connectivity index (χ1v) is 11.0. The van der Waals surface area contributed by atoms with Crippen molar-refractivity contribution in [3.8, 4) is 0 Å². The lowest BCUT2D eigenvalue weighted by molar-refractivity contribution is 0.0167. The molecule has 32 heavy (non-hydrogen) atoms. The molecule has 2 heterocycles. The third kappa shape index (κ3) is 4.61. The summed E-state index contributed by atoms with van der Waals surface area (Å²) in [5, 5.41) is 6.57. The normalized spacial score (nSPS) is 16.8. The van der Waals surface area contributed by atoms with Crippen LogP contribution in [-0.4, -0.2) is 52.4 Å². The van der Waals surface area contributed by atoms with Crippen LogP contribution in [0.3, 0.4) is 0 Å². The second kappa shape index (κ2) is 8.65. The van der Waals surface area contributed by atoms with Gasteiger partial charge in [0.1, 0.15) is 5.60 Å². The molecule has 0 spiro atoms. The number of hydrogen-bond donors (Lipinski definition) is 0. The van der Waals surface area contributed by atoms with Crippen LogP contribution in [-0.2, 0) is 4.74 Å². The van der Waals surface area contributed by atoms with Crippen molar-refractivity contribution in [2.24, 2.45) is 0 Å². The third-order valence-electron chi connectivity index (χ3n) is 5.70. The van der Waals surface area contributed by atoms with Gasteiger partial charge < -0.3 is 14.5 Å². The van der Waals surface area contributed by atoms with E-state index in [1.54, 1.807) is 33.9 Å². The molecular formula is C25H30N4O3. The van der Waals surface area contributed by atoms with Crippen LogP contribution >= 0.6 is 0 Å². The SMILES string of the molecule is CN(C(=O)c1cnn(C2CCCN(C(=O)OC(C)(C)C)C2)c1)c1cccc2ccccc12. The zero-order valence-electron chi connectivity index (χ0n) is 19.1. The van der Waals surface area contributed by atoms with Crippen LogP contribution in [0.25, 0.3) is 10.8 Å². The van der Waals surface area contributed by atoms with Crippen molar-refractivity contribution >= 4 is 28.5 Å². The predicted octanol–water partition coefficient (Wildman–Crippen LogP) is 4.88. The number of rotatable bonds is 3. The van der Waals surface area contributed by atoms with Crippen LogP contribution in [0.2, 0.25) is 0 Å². The molecule has 1 saturated heterocycles. The molecule has 0 N–H and O–H groups in total. The molecule has 3 aromatic rings. The molecule has 0 aliphatic carbocycles. The molecule has 0 saturated carbocycles. The van der Waals surface area contributed by atoms with Gasteiger partial charge in [-0.25, -0.2) is 4.79 Å². The van der Waals surface area contributed by atoms with Crippen molar-refractivity contribution in [1.82, 2.24) is 14.7 Å². The molecule has 0 bridgehead atoms. The van der Waals surface area contributed by atoms with Crippen LogP contribution in [0.4, 0.5) is 10.5 Å². The molecule has 7 nitrogen and oxygen atoms in total. The predicted molar refractivity (Wildman–Crippen MR) is 125 cm³/mol. The molecule has 1 atom stereocenters. The number of carbonyl (C=O) groups excluding carboxylic acids is 2. The highest BCUT2D eigenvalue weighted by Gasteiger charge is 2.29. The van der Waals surface area contributed by atoms with E-state index in [0.29, 0.717) is 18.7 Å². The molecule has 0 radical (unpaired) electrons. The third-order valence-corrected chi connectivity index (χ3v) is 5.70. The second-order valence-corrected chi connectivity index (χ2v) is 9.29. The molecule has 4 rings (SSSR count). The Balaban J connectivity index is 1.49. The van der Waals surface area contributed by atoms with Crippen LogP contribution in [0.15, 0.2) is 54.9 Å². The Hall–Kier alpha value is -3.35. The van der Waals surface area contributed by atoms with E-state index < -0.39 is 5.60 Å². The number of fused-ring (bicyclic) bond motifs is 1. The van der Waals surface area contributed by atoms with Gasteiger partial charge in [-0.05, 0) is 45.1 Å². The maximum absolute atomic E-state index is 13.2. The summed E-state index contributed by atoms with van der Waals surface area (Å²) < 4.78 is 7.32. The summed E-state index contributed by atoms with van der Waals surface area (Å²) in [6.07, 6.45) is 4.85. The lowest BCUT2D eigenvalue weighted by Gasteiger charge is -2.34. The number of aromatic nitrogens is 2. The Morgan fingerprint density at radius 3 is 2.66 bits per heavy atom. The number of nitrogens with zero attached hydrogens (tertiary/aromatic N) is 4. The summed E-state index contributed by atoms with van der Waals surface area (Å²) in [6, 6.07) is 14.0. The minimum absolute atomic E-state index is 0.0145. The van der Waals surface area contributed by atoms with Gasteiger partial charge in [0.05, 0.1) is 23.5 Å². The molecular weight excluding hydrogens is 404 g/mol. The van der Waals surface area contributed by atoms with E-state index in [1.165, 1.54) is 0 Å². The minimum atomic E-state index is -0.526. The number of piperidine rings is 1. The van der Waals surface area contributed by atoms with E-state index in [4.69, 9.17) is 4.74 Å². The Labute approximate surface area is 188 Å². The van der Waals surface area contributed by atoms with E-state index in [1.807, 2.05) is 63.2 Å². The Morgan fingerprint density at radius 1 is 1.12 bits per heavy atom. The van der Waals surface area contributed by atoms with Crippen LogP contribution < -0.4 is 4.90 Å². The van der Waals surface area contributed by atoms with Crippen LogP contribution in [0.5, 0.6) is 0 Å². The smallest absolute Gasteiger partial charge is 0.410 e. The lowest BCUT2D eigenvalue weighted by atomic mass is 10.1. The van der Waals surface area contributed by atoms with E-state index in [9.17, 15) is 9.59 Å². The maximum atomic E-state index is 13.2. The fourth-order valence-electron chi connectivity index (χ4n) is 4.11. The van der Waals surface area contributed by atoms with Crippen molar-refractivity contribution in [2.75, 3.05) is 25.0 Å². The Kier molecular flexibility index (Phi) is 5.91. The van der Waals surface area contributed by atoms with Gasteiger partial charge in [-0.2, -0.15) is 5.10 Å². The first kappa shape index (κ1) is 21.9. The topological polar surface area (TPSA) is 67.7 Å². The summed E-state index contributed by atoms with van der Waals surface area (Å²) in [4.78, 5) is 29.1. The fourth-order valence-corrected chi connectivity index (χ4v) is 4.11. The quantitative estimate of drug-likeness (QED) is 0.589. The summed E-state index contributed by atoms with van der Waals surface area (Å²) in [5.74, 6) is -0.118. The highest BCUT2D eigenvalue weighted by Crippen LogP contribution is 2.28. The summed E-state index contributed by atoms with van der Waals surface area (Å²) in [6.45, 7) is 6.78. The number of hydrogen-bond acceptors (Lipinski definition) is 4. The molecule has 1 fully saturated rings. The molecule has 7 heteroatoms. The van der Waals surface area contributed by atoms with Gasteiger partial charge in [0.15, 0.2) is 0 Å². The van der Waals surface area contributed by atoms with E-state index in [-0.39, 0.29) is 18.0 Å². The molecule has 1 aliphatic heterocycles. The van der Waals surface area contributed by atoms with Gasteiger partial charge in [0.2, 0.25) is 0 Å². The Morgan fingerprint density at radius 2 is 1.88 bits per heavy atom. The van der Waals surface area contributed by atoms with Crippen LogP contribution in [0.1, 0.15) is 50.0 Å². The Bertz CT molecular complexity index is 1130. The number of likely N-dealkylation sites (tertiary alicyclic amines) is 1. The minimum Gasteiger partial charge on any atom is -0.444 e. The van der Waals surface area contributed by atoms with Gasteiger partial charge in [0, 0.05) is 31.7 Å². The maximum Gasteiger partial charge on any atom is 0.410 e. The van der Waals surface area contributed by atoms with Crippen molar-refractivity contribution in [2.45, 2.75) is 45.3 Å². The van der Waals surface area contributed by atoms with Gasteiger partial charge in [-0.1, -0.05) is 36.4 Å². The van der Waals surface area contributed by atoms with Crippen LogP contribution in [0, 0.1) is 0 Å². The van der Waals surface area contributed by atoms with Gasteiger partial charge in [-0.15, -0.1) is 0 Å². The number of amides is 2. The van der Waals surface area contributed by atoms with Crippen molar-refractivity contribution in [1.29, 1.82) is 0 Å². The van der Waals surface area contributed by atoms with E-state index in [2.05, 4.69) is 5.10 Å². The number of benzene rings is 2.